The van der Waals surface area contributed by atoms with E-state index >= 15 is 0 Å². The first-order chi connectivity index (χ1) is 10.1. The number of rotatable bonds is 4. The van der Waals surface area contributed by atoms with Crippen LogP contribution in [0.3, 0.4) is 0 Å². The number of nitrogens with two attached hydrogens (primary N) is 1. The van der Waals surface area contributed by atoms with Gasteiger partial charge in [-0.05, 0) is 56.4 Å². The van der Waals surface area contributed by atoms with Crippen LogP contribution in [0.15, 0.2) is 36.4 Å². The lowest BCUT2D eigenvalue weighted by molar-refractivity contribution is 0.242. The number of nitrogen functional groups attached to an aromatic ring is 1. The van der Waals surface area contributed by atoms with E-state index < -0.39 is 0 Å². The lowest BCUT2D eigenvalue weighted by Crippen LogP contribution is -2.05. The minimum atomic E-state index is 0.111. The molecule has 0 unspecified atom stereocenters. The van der Waals surface area contributed by atoms with Crippen molar-refractivity contribution in [2.45, 2.75) is 39.2 Å². The van der Waals surface area contributed by atoms with Crippen molar-refractivity contribution in [1.29, 1.82) is 0 Å². The first-order valence-electron chi connectivity index (χ1n) is 7.47. The van der Waals surface area contributed by atoms with Crippen LogP contribution in [-0.2, 0) is 12.8 Å². The summed E-state index contributed by atoms with van der Waals surface area (Å²) in [5.74, 6) is 2.31. The van der Waals surface area contributed by atoms with Crippen molar-refractivity contribution >= 4 is 5.69 Å². The summed E-state index contributed by atoms with van der Waals surface area (Å²) in [6, 6.07) is 11.8. The molecule has 1 aliphatic rings. The molecule has 3 heteroatoms. The summed E-state index contributed by atoms with van der Waals surface area (Å²) < 4.78 is 11.6. The first-order valence-corrected chi connectivity index (χ1v) is 7.47. The number of hydrogen-bond donors (Lipinski definition) is 1. The SMILES string of the molecule is CC(C)Oc1cc(N)cc(Oc2ccc3c(c2)CCC3)c1. The quantitative estimate of drug-likeness (QED) is 0.849. The molecule has 0 saturated carbocycles. The minimum absolute atomic E-state index is 0.111. The standard InChI is InChI=1S/C18H21NO2/c1-12(2)20-17-9-15(19)10-18(11-17)21-16-7-6-13-4-3-5-14(13)8-16/h6-12H,3-5,19H2,1-2H3. The van der Waals surface area contributed by atoms with Gasteiger partial charge in [-0.15, -0.1) is 0 Å². The smallest absolute Gasteiger partial charge is 0.133 e. The van der Waals surface area contributed by atoms with Crippen molar-refractivity contribution < 1.29 is 9.47 Å². The van der Waals surface area contributed by atoms with E-state index in [-0.39, 0.29) is 6.10 Å². The fourth-order valence-electron chi connectivity index (χ4n) is 2.74. The van der Waals surface area contributed by atoms with E-state index in [0.717, 1.165) is 17.9 Å². The monoisotopic (exact) mass is 283 g/mol. The molecule has 2 aromatic rings. The van der Waals surface area contributed by atoms with Gasteiger partial charge in [0.2, 0.25) is 0 Å². The first kappa shape index (κ1) is 13.8. The van der Waals surface area contributed by atoms with Crippen LogP contribution in [0, 0.1) is 0 Å². The molecule has 0 atom stereocenters. The van der Waals surface area contributed by atoms with E-state index in [1.807, 2.05) is 38.1 Å². The maximum absolute atomic E-state index is 5.95. The van der Waals surface area contributed by atoms with Crippen LogP contribution in [0.4, 0.5) is 5.69 Å². The number of benzene rings is 2. The van der Waals surface area contributed by atoms with Crippen LogP contribution in [0.5, 0.6) is 17.2 Å². The van der Waals surface area contributed by atoms with E-state index in [1.54, 1.807) is 0 Å². The van der Waals surface area contributed by atoms with Crippen molar-refractivity contribution in [3.05, 3.63) is 47.5 Å². The van der Waals surface area contributed by atoms with E-state index in [2.05, 4.69) is 12.1 Å². The third kappa shape index (κ3) is 3.30. The molecule has 0 saturated heterocycles. The Kier molecular flexibility index (Phi) is 3.74. The summed E-state index contributed by atoms with van der Waals surface area (Å²) in [4.78, 5) is 0. The van der Waals surface area contributed by atoms with Gasteiger partial charge in [-0.2, -0.15) is 0 Å². The van der Waals surface area contributed by atoms with Crippen LogP contribution in [0.1, 0.15) is 31.4 Å². The predicted octanol–water partition coefficient (Wildman–Crippen LogP) is 4.34. The molecule has 2 N–H and O–H groups in total. The highest BCUT2D eigenvalue weighted by Gasteiger charge is 2.12. The molecule has 2 aromatic carbocycles. The fraction of sp³-hybridized carbons (Fsp3) is 0.333. The number of anilines is 1. The molecular weight excluding hydrogens is 262 g/mol. The molecule has 0 fully saturated rings. The molecule has 0 amide bonds. The predicted molar refractivity (Wildman–Crippen MR) is 85.2 cm³/mol. The molecule has 0 bridgehead atoms. The summed E-state index contributed by atoms with van der Waals surface area (Å²) in [5.41, 5.74) is 9.40. The van der Waals surface area contributed by atoms with Gasteiger partial charge in [-0.1, -0.05) is 6.07 Å². The Morgan fingerprint density at radius 3 is 2.48 bits per heavy atom. The molecule has 0 radical (unpaired) electrons. The highest BCUT2D eigenvalue weighted by atomic mass is 16.5. The van der Waals surface area contributed by atoms with Crippen molar-refractivity contribution in [2.24, 2.45) is 0 Å². The molecule has 0 spiro atoms. The van der Waals surface area contributed by atoms with E-state index in [0.29, 0.717) is 11.4 Å². The van der Waals surface area contributed by atoms with E-state index in [9.17, 15) is 0 Å². The second-order valence-electron chi connectivity index (χ2n) is 5.79. The van der Waals surface area contributed by atoms with Crippen molar-refractivity contribution in [3.63, 3.8) is 0 Å². The van der Waals surface area contributed by atoms with Crippen molar-refractivity contribution in [2.75, 3.05) is 5.73 Å². The molecule has 0 heterocycles. The summed E-state index contributed by atoms with van der Waals surface area (Å²) in [6.45, 7) is 3.98. The third-order valence-electron chi connectivity index (χ3n) is 3.58. The second-order valence-corrected chi connectivity index (χ2v) is 5.79. The van der Waals surface area contributed by atoms with Crippen LogP contribution in [0.25, 0.3) is 0 Å². The lowest BCUT2D eigenvalue weighted by atomic mass is 10.1. The average molecular weight is 283 g/mol. The van der Waals surface area contributed by atoms with Crippen LogP contribution in [-0.4, -0.2) is 6.10 Å². The molecule has 3 nitrogen and oxygen atoms in total. The maximum Gasteiger partial charge on any atom is 0.133 e. The van der Waals surface area contributed by atoms with Gasteiger partial charge in [0, 0.05) is 23.9 Å². The zero-order chi connectivity index (χ0) is 14.8. The maximum atomic E-state index is 5.95. The number of ether oxygens (including phenoxy) is 2. The number of fused-ring (bicyclic) bond motifs is 1. The average Bonchev–Trinajstić information content (AvgIpc) is 2.84. The Bertz CT molecular complexity index is 650. The van der Waals surface area contributed by atoms with E-state index in [4.69, 9.17) is 15.2 Å². The molecule has 110 valence electrons. The van der Waals surface area contributed by atoms with Crippen molar-refractivity contribution in [3.8, 4) is 17.2 Å². The topological polar surface area (TPSA) is 44.5 Å². The Balaban J connectivity index is 1.82. The summed E-state index contributed by atoms with van der Waals surface area (Å²) in [6.07, 6.45) is 3.68. The van der Waals surface area contributed by atoms with Gasteiger partial charge in [0.25, 0.3) is 0 Å². The van der Waals surface area contributed by atoms with Crippen molar-refractivity contribution in [1.82, 2.24) is 0 Å². The summed E-state index contributed by atoms with van der Waals surface area (Å²) >= 11 is 0. The zero-order valence-corrected chi connectivity index (χ0v) is 12.6. The highest BCUT2D eigenvalue weighted by molar-refractivity contribution is 5.52. The van der Waals surface area contributed by atoms with Gasteiger partial charge in [0.1, 0.15) is 17.2 Å². The molecular formula is C18H21NO2. The largest absolute Gasteiger partial charge is 0.491 e. The van der Waals surface area contributed by atoms with Gasteiger partial charge in [-0.3, -0.25) is 0 Å². The fourth-order valence-corrected chi connectivity index (χ4v) is 2.74. The minimum Gasteiger partial charge on any atom is -0.491 e. The van der Waals surface area contributed by atoms with Gasteiger partial charge < -0.3 is 15.2 Å². The Hall–Kier alpha value is -2.16. The summed E-state index contributed by atoms with van der Waals surface area (Å²) in [7, 11) is 0. The van der Waals surface area contributed by atoms with Gasteiger partial charge in [0.15, 0.2) is 0 Å². The van der Waals surface area contributed by atoms with E-state index in [1.165, 1.54) is 24.0 Å². The molecule has 0 aromatic heterocycles. The lowest BCUT2D eigenvalue weighted by Gasteiger charge is -2.13. The third-order valence-corrected chi connectivity index (χ3v) is 3.58. The zero-order valence-electron chi connectivity index (χ0n) is 12.6. The Morgan fingerprint density at radius 2 is 1.67 bits per heavy atom. The molecule has 21 heavy (non-hydrogen) atoms. The highest BCUT2D eigenvalue weighted by Crippen LogP contribution is 2.32. The normalized spacial score (nSPS) is 13.3. The second kappa shape index (κ2) is 5.68. The Morgan fingerprint density at radius 1 is 0.905 bits per heavy atom. The van der Waals surface area contributed by atoms with Crippen LogP contribution >= 0.6 is 0 Å². The molecule has 0 aliphatic heterocycles. The van der Waals surface area contributed by atoms with Gasteiger partial charge in [0.05, 0.1) is 6.10 Å². The molecule has 3 rings (SSSR count). The number of hydrogen-bond acceptors (Lipinski definition) is 3. The van der Waals surface area contributed by atoms with Crippen LogP contribution in [0.2, 0.25) is 0 Å². The van der Waals surface area contributed by atoms with Gasteiger partial charge >= 0.3 is 0 Å². The van der Waals surface area contributed by atoms with Crippen LogP contribution < -0.4 is 15.2 Å². The number of aryl methyl sites for hydroxylation is 2. The summed E-state index contributed by atoms with van der Waals surface area (Å²) in [5, 5.41) is 0. The molecule has 1 aliphatic carbocycles. The van der Waals surface area contributed by atoms with Gasteiger partial charge in [-0.25, -0.2) is 0 Å². The Labute approximate surface area is 125 Å².